The van der Waals surface area contributed by atoms with Crippen molar-refractivity contribution in [2.45, 2.75) is 83.4 Å². The number of hydrogen-bond acceptors (Lipinski definition) is 3. The van der Waals surface area contributed by atoms with E-state index in [9.17, 15) is 9.90 Å². The summed E-state index contributed by atoms with van der Waals surface area (Å²) in [5.41, 5.74) is -0.128. The number of aliphatic hydroxyl groups excluding tert-OH is 1. The van der Waals surface area contributed by atoms with E-state index in [4.69, 9.17) is 0 Å². The molecule has 1 amide bonds. The highest BCUT2D eigenvalue weighted by Gasteiger charge is 2.37. The van der Waals surface area contributed by atoms with Crippen LogP contribution in [0.1, 0.15) is 65.7 Å². The molecule has 2 rings (SSSR count). The van der Waals surface area contributed by atoms with Crippen molar-refractivity contribution in [3.63, 3.8) is 0 Å². The van der Waals surface area contributed by atoms with E-state index < -0.39 is 0 Å². The molecule has 2 fully saturated rings. The summed E-state index contributed by atoms with van der Waals surface area (Å²) in [5, 5.41) is 13.4. The van der Waals surface area contributed by atoms with Crippen LogP contribution in [-0.2, 0) is 4.79 Å². The largest absolute Gasteiger partial charge is 0.393 e. The Bertz CT molecular complexity index is 357. The first kappa shape index (κ1) is 16.8. The predicted octanol–water partition coefficient (Wildman–Crippen LogP) is 2.31. The van der Waals surface area contributed by atoms with Crippen LogP contribution in [0.3, 0.4) is 0 Å². The fourth-order valence-corrected chi connectivity index (χ4v) is 3.81. The molecular formula is C17H32N2O2. The first-order chi connectivity index (χ1) is 9.93. The summed E-state index contributed by atoms with van der Waals surface area (Å²) in [6.07, 6.45) is 7.47. The van der Waals surface area contributed by atoms with Gasteiger partial charge in [-0.3, -0.25) is 9.69 Å². The number of amides is 1. The average molecular weight is 296 g/mol. The van der Waals surface area contributed by atoms with Gasteiger partial charge in [0, 0.05) is 17.5 Å². The van der Waals surface area contributed by atoms with Crippen LogP contribution >= 0.6 is 0 Å². The van der Waals surface area contributed by atoms with Gasteiger partial charge < -0.3 is 10.4 Å². The third kappa shape index (κ3) is 4.43. The maximum Gasteiger partial charge on any atom is 0.234 e. The Hall–Kier alpha value is -0.610. The standard InChI is InChI=1S/C17H32N2O2/c1-4-17(2,3)18-16(21)12-19-11-7-9-14(19)13-8-5-6-10-15(13)20/h13-15,20H,4-12H2,1-3H3,(H,18,21). The van der Waals surface area contributed by atoms with Crippen LogP contribution in [0.2, 0.25) is 0 Å². The molecule has 2 N–H and O–H groups in total. The predicted molar refractivity (Wildman–Crippen MR) is 85.1 cm³/mol. The number of carbonyl (C=O) groups is 1. The van der Waals surface area contributed by atoms with Crippen LogP contribution in [0.25, 0.3) is 0 Å². The topological polar surface area (TPSA) is 52.6 Å². The second kappa shape index (κ2) is 7.10. The number of aliphatic hydroxyl groups is 1. The Morgan fingerprint density at radius 2 is 1.95 bits per heavy atom. The Balaban J connectivity index is 1.91. The highest BCUT2D eigenvalue weighted by Crippen LogP contribution is 2.34. The lowest BCUT2D eigenvalue weighted by Crippen LogP contribution is -2.50. The minimum Gasteiger partial charge on any atom is -0.393 e. The summed E-state index contributed by atoms with van der Waals surface area (Å²) in [6.45, 7) is 7.71. The van der Waals surface area contributed by atoms with Crippen LogP contribution in [0.4, 0.5) is 0 Å². The van der Waals surface area contributed by atoms with E-state index in [0.717, 1.165) is 45.1 Å². The Morgan fingerprint density at radius 3 is 2.62 bits per heavy atom. The van der Waals surface area contributed by atoms with Crippen LogP contribution < -0.4 is 5.32 Å². The summed E-state index contributed by atoms with van der Waals surface area (Å²) in [5.74, 6) is 0.493. The van der Waals surface area contributed by atoms with Crippen molar-refractivity contribution in [1.82, 2.24) is 10.2 Å². The van der Waals surface area contributed by atoms with Crippen molar-refractivity contribution in [3.05, 3.63) is 0 Å². The molecule has 122 valence electrons. The van der Waals surface area contributed by atoms with Crippen LogP contribution in [0.15, 0.2) is 0 Å². The molecule has 0 spiro atoms. The fraction of sp³-hybridized carbons (Fsp3) is 0.941. The van der Waals surface area contributed by atoms with E-state index in [-0.39, 0.29) is 17.6 Å². The Kier molecular flexibility index (Phi) is 5.67. The highest BCUT2D eigenvalue weighted by atomic mass is 16.3. The van der Waals surface area contributed by atoms with Gasteiger partial charge in [0.1, 0.15) is 0 Å². The molecule has 1 saturated carbocycles. The molecule has 1 saturated heterocycles. The molecule has 1 aliphatic heterocycles. The van der Waals surface area contributed by atoms with Gasteiger partial charge in [-0.05, 0) is 52.5 Å². The van der Waals surface area contributed by atoms with E-state index in [1.807, 2.05) is 0 Å². The average Bonchev–Trinajstić information content (AvgIpc) is 2.86. The minimum absolute atomic E-state index is 0.124. The molecule has 1 aliphatic carbocycles. The van der Waals surface area contributed by atoms with E-state index in [2.05, 4.69) is 31.0 Å². The number of rotatable bonds is 5. The second-order valence-electron chi connectivity index (χ2n) is 7.48. The van der Waals surface area contributed by atoms with Gasteiger partial charge in [0.2, 0.25) is 5.91 Å². The zero-order valence-electron chi connectivity index (χ0n) is 13.9. The molecule has 0 aromatic heterocycles. The SMILES string of the molecule is CCC(C)(C)NC(=O)CN1CCCC1C1CCCCC1O. The third-order valence-corrected chi connectivity index (χ3v) is 5.40. The zero-order valence-corrected chi connectivity index (χ0v) is 13.9. The van der Waals surface area contributed by atoms with Crippen molar-refractivity contribution < 1.29 is 9.90 Å². The minimum atomic E-state index is -0.167. The normalized spacial score (nSPS) is 31.3. The lowest BCUT2D eigenvalue weighted by Gasteiger charge is -2.37. The summed E-state index contributed by atoms with van der Waals surface area (Å²) < 4.78 is 0. The lowest BCUT2D eigenvalue weighted by molar-refractivity contribution is -0.124. The van der Waals surface area contributed by atoms with Gasteiger partial charge in [0.05, 0.1) is 12.6 Å². The quantitative estimate of drug-likeness (QED) is 0.818. The number of likely N-dealkylation sites (tertiary alicyclic amines) is 1. The van der Waals surface area contributed by atoms with Gasteiger partial charge in [-0.1, -0.05) is 19.8 Å². The van der Waals surface area contributed by atoms with Crippen molar-refractivity contribution in [2.24, 2.45) is 5.92 Å². The van der Waals surface area contributed by atoms with E-state index in [1.54, 1.807) is 0 Å². The molecule has 0 aromatic rings. The van der Waals surface area contributed by atoms with E-state index in [0.29, 0.717) is 18.5 Å². The van der Waals surface area contributed by atoms with Crippen LogP contribution in [0, 0.1) is 5.92 Å². The molecular weight excluding hydrogens is 264 g/mol. The van der Waals surface area contributed by atoms with Gasteiger partial charge in [-0.2, -0.15) is 0 Å². The molecule has 21 heavy (non-hydrogen) atoms. The van der Waals surface area contributed by atoms with E-state index in [1.165, 1.54) is 6.42 Å². The van der Waals surface area contributed by atoms with Crippen molar-refractivity contribution in [2.75, 3.05) is 13.1 Å². The molecule has 3 unspecified atom stereocenters. The molecule has 4 nitrogen and oxygen atoms in total. The van der Waals surface area contributed by atoms with Gasteiger partial charge in [0.25, 0.3) is 0 Å². The van der Waals surface area contributed by atoms with Crippen molar-refractivity contribution >= 4 is 5.91 Å². The fourth-order valence-electron chi connectivity index (χ4n) is 3.81. The second-order valence-corrected chi connectivity index (χ2v) is 7.48. The molecule has 0 aromatic carbocycles. The number of carbonyl (C=O) groups excluding carboxylic acids is 1. The summed E-state index contributed by atoms with van der Waals surface area (Å²) in [6, 6.07) is 0.399. The van der Waals surface area contributed by atoms with Gasteiger partial charge >= 0.3 is 0 Å². The molecule has 0 bridgehead atoms. The number of nitrogens with zero attached hydrogens (tertiary/aromatic N) is 1. The molecule has 0 radical (unpaired) electrons. The Labute approximate surface area is 129 Å². The van der Waals surface area contributed by atoms with Crippen LogP contribution in [-0.4, -0.2) is 46.7 Å². The van der Waals surface area contributed by atoms with Gasteiger partial charge in [-0.15, -0.1) is 0 Å². The Morgan fingerprint density at radius 1 is 1.24 bits per heavy atom. The van der Waals surface area contributed by atoms with Crippen molar-refractivity contribution in [3.8, 4) is 0 Å². The highest BCUT2D eigenvalue weighted by molar-refractivity contribution is 5.78. The maximum absolute atomic E-state index is 12.3. The maximum atomic E-state index is 12.3. The summed E-state index contributed by atoms with van der Waals surface area (Å²) in [4.78, 5) is 14.6. The lowest BCUT2D eigenvalue weighted by atomic mass is 9.80. The smallest absolute Gasteiger partial charge is 0.234 e. The first-order valence-electron chi connectivity index (χ1n) is 8.66. The number of nitrogens with one attached hydrogen (secondary N) is 1. The van der Waals surface area contributed by atoms with Gasteiger partial charge in [-0.25, -0.2) is 0 Å². The van der Waals surface area contributed by atoms with Crippen LogP contribution in [0.5, 0.6) is 0 Å². The summed E-state index contributed by atoms with van der Waals surface area (Å²) in [7, 11) is 0. The summed E-state index contributed by atoms with van der Waals surface area (Å²) >= 11 is 0. The monoisotopic (exact) mass is 296 g/mol. The third-order valence-electron chi connectivity index (χ3n) is 5.40. The van der Waals surface area contributed by atoms with E-state index >= 15 is 0 Å². The molecule has 2 aliphatic rings. The zero-order chi connectivity index (χ0) is 15.5. The molecule has 3 atom stereocenters. The molecule has 4 heteroatoms. The van der Waals surface area contributed by atoms with Crippen molar-refractivity contribution in [1.29, 1.82) is 0 Å². The first-order valence-corrected chi connectivity index (χ1v) is 8.66. The molecule has 1 heterocycles. The van der Waals surface area contributed by atoms with Gasteiger partial charge in [0.15, 0.2) is 0 Å². The number of hydrogen-bond donors (Lipinski definition) is 2.